The quantitative estimate of drug-likeness (QED) is 0.624. The molecule has 8 heteroatoms. The first-order chi connectivity index (χ1) is 12.0. The standard InChI is InChI=1S/C17H20ClN5O2/c1-12(24)23-15(13-3-5-14(18)6-4-13)11-16(25)19-9-10-22-17-20-7-2-8-21-17/h2-8,15H,9-11H2,1H3,(H,19,25)(H,23,24)(H,20,21,22)/t15-/m1/s1. The van der Waals surface area contributed by atoms with E-state index in [0.29, 0.717) is 24.1 Å². The number of aromatic nitrogens is 2. The molecule has 0 unspecified atom stereocenters. The molecule has 2 rings (SSSR count). The van der Waals surface area contributed by atoms with Crippen LogP contribution in [0.5, 0.6) is 0 Å². The fraction of sp³-hybridized carbons (Fsp3) is 0.294. The Labute approximate surface area is 151 Å². The number of hydrogen-bond donors (Lipinski definition) is 3. The second kappa shape index (κ2) is 9.58. The van der Waals surface area contributed by atoms with E-state index in [9.17, 15) is 9.59 Å². The number of hydrogen-bond acceptors (Lipinski definition) is 5. The second-order valence-electron chi connectivity index (χ2n) is 5.36. The third-order valence-electron chi connectivity index (χ3n) is 3.34. The molecule has 0 aliphatic heterocycles. The van der Waals surface area contributed by atoms with Gasteiger partial charge in [-0.05, 0) is 23.8 Å². The Kier molecular flexibility index (Phi) is 7.16. The normalized spacial score (nSPS) is 11.4. The van der Waals surface area contributed by atoms with Gasteiger partial charge in [-0.15, -0.1) is 0 Å². The van der Waals surface area contributed by atoms with Gasteiger partial charge in [0.05, 0.1) is 12.5 Å². The lowest BCUT2D eigenvalue weighted by Gasteiger charge is -2.18. The van der Waals surface area contributed by atoms with Crippen molar-refractivity contribution >= 4 is 29.4 Å². The van der Waals surface area contributed by atoms with Crippen molar-refractivity contribution in [3.8, 4) is 0 Å². The lowest BCUT2D eigenvalue weighted by molar-refractivity contribution is -0.122. The van der Waals surface area contributed by atoms with Gasteiger partial charge in [-0.1, -0.05) is 23.7 Å². The molecule has 1 aromatic carbocycles. The molecule has 0 radical (unpaired) electrons. The molecule has 1 heterocycles. The van der Waals surface area contributed by atoms with Crippen LogP contribution in [-0.2, 0) is 9.59 Å². The van der Waals surface area contributed by atoms with Crippen LogP contribution in [-0.4, -0.2) is 34.9 Å². The molecule has 132 valence electrons. The molecule has 3 N–H and O–H groups in total. The highest BCUT2D eigenvalue weighted by Crippen LogP contribution is 2.19. The molecule has 0 spiro atoms. The van der Waals surface area contributed by atoms with Crippen LogP contribution >= 0.6 is 11.6 Å². The lowest BCUT2D eigenvalue weighted by Crippen LogP contribution is -2.34. The van der Waals surface area contributed by atoms with Crippen molar-refractivity contribution in [1.82, 2.24) is 20.6 Å². The Morgan fingerprint density at radius 1 is 1.12 bits per heavy atom. The van der Waals surface area contributed by atoms with Gasteiger partial charge in [0.2, 0.25) is 17.8 Å². The summed E-state index contributed by atoms with van der Waals surface area (Å²) in [4.78, 5) is 31.6. The SMILES string of the molecule is CC(=O)N[C@H](CC(=O)NCCNc1ncccn1)c1ccc(Cl)cc1. The Hall–Kier alpha value is -2.67. The summed E-state index contributed by atoms with van der Waals surface area (Å²) in [6, 6.07) is 8.38. The molecule has 1 aromatic heterocycles. The first-order valence-corrected chi connectivity index (χ1v) is 8.22. The molecular formula is C17H20ClN5O2. The van der Waals surface area contributed by atoms with Crippen LogP contribution in [0.25, 0.3) is 0 Å². The van der Waals surface area contributed by atoms with Gasteiger partial charge in [-0.2, -0.15) is 0 Å². The van der Waals surface area contributed by atoms with Gasteiger partial charge >= 0.3 is 0 Å². The van der Waals surface area contributed by atoms with Crippen LogP contribution < -0.4 is 16.0 Å². The van der Waals surface area contributed by atoms with Crippen molar-refractivity contribution in [3.63, 3.8) is 0 Å². The van der Waals surface area contributed by atoms with Crippen molar-refractivity contribution in [2.75, 3.05) is 18.4 Å². The maximum Gasteiger partial charge on any atom is 0.222 e. The van der Waals surface area contributed by atoms with Crippen molar-refractivity contribution in [2.24, 2.45) is 0 Å². The molecule has 0 aliphatic carbocycles. The molecule has 0 aliphatic rings. The van der Waals surface area contributed by atoms with Gasteiger partial charge in [0.25, 0.3) is 0 Å². The number of carbonyl (C=O) groups is 2. The zero-order valence-corrected chi connectivity index (χ0v) is 14.6. The first kappa shape index (κ1) is 18.7. The molecule has 2 aromatic rings. The van der Waals surface area contributed by atoms with Crippen LogP contribution in [0.3, 0.4) is 0 Å². The van der Waals surface area contributed by atoms with Crippen molar-refractivity contribution in [2.45, 2.75) is 19.4 Å². The van der Waals surface area contributed by atoms with E-state index in [4.69, 9.17) is 11.6 Å². The third-order valence-corrected chi connectivity index (χ3v) is 3.59. The number of carbonyl (C=O) groups excluding carboxylic acids is 2. The first-order valence-electron chi connectivity index (χ1n) is 7.85. The molecule has 25 heavy (non-hydrogen) atoms. The molecule has 7 nitrogen and oxygen atoms in total. The highest BCUT2D eigenvalue weighted by molar-refractivity contribution is 6.30. The highest BCUT2D eigenvalue weighted by atomic mass is 35.5. The van der Waals surface area contributed by atoms with Crippen LogP contribution in [0.2, 0.25) is 5.02 Å². The van der Waals surface area contributed by atoms with Crippen molar-refractivity contribution < 1.29 is 9.59 Å². The molecule has 1 atom stereocenters. The van der Waals surface area contributed by atoms with E-state index in [1.54, 1.807) is 42.7 Å². The van der Waals surface area contributed by atoms with Crippen LogP contribution in [0, 0.1) is 0 Å². The summed E-state index contributed by atoms with van der Waals surface area (Å²) >= 11 is 5.88. The molecule has 0 saturated heterocycles. The van der Waals surface area contributed by atoms with Gasteiger partial charge in [0, 0.05) is 37.4 Å². The minimum atomic E-state index is -0.403. The number of halogens is 1. The molecule has 0 bridgehead atoms. The highest BCUT2D eigenvalue weighted by Gasteiger charge is 2.16. The number of amides is 2. The predicted octanol–water partition coefficient (Wildman–Crippen LogP) is 1.93. The van der Waals surface area contributed by atoms with Gasteiger partial charge in [0.15, 0.2) is 0 Å². The molecule has 0 saturated carbocycles. The fourth-order valence-electron chi connectivity index (χ4n) is 2.22. The van der Waals surface area contributed by atoms with E-state index in [-0.39, 0.29) is 18.2 Å². The van der Waals surface area contributed by atoms with E-state index in [1.807, 2.05) is 0 Å². The smallest absolute Gasteiger partial charge is 0.222 e. The number of benzene rings is 1. The van der Waals surface area contributed by atoms with Crippen molar-refractivity contribution in [3.05, 3.63) is 53.3 Å². The number of nitrogens with zero attached hydrogens (tertiary/aromatic N) is 2. The van der Waals surface area contributed by atoms with Gasteiger partial charge in [-0.3, -0.25) is 9.59 Å². The maximum absolute atomic E-state index is 12.1. The van der Waals surface area contributed by atoms with Crippen LogP contribution in [0.1, 0.15) is 24.9 Å². The second-order valence-corrected chi connectivity index (χ2v) is 5.79. The Balaban J connectivity index is 1.82. The number of rotatable bonds is 8. The van der Waals surface area contributed by atoms with E-state index in [2.05, 4.69) is 25.9 Å². The predicted molar refractivity (Wildman–Crippen MR) is 96.2 cm³/mol. The molecular weight excluding hydrogens is 342 g/mol. The Bertz CT molecular complexity index is 694. The topological polar surface area (TPSA) is 96.0 Å². The summed E-state index contributed by atoms with van der Waals surface area (Å²) in [7, 11) is 0. The van der Waals surface area contributed by atoms with Crippen LogP contribution in [0.15, 0.2) is 42.7 Å². The zero-order valence-electron chi connectivity index (χ0n) is 13.8. The van der Waals surface area contributed by atoms with Gasteiger partial charge in [0.1, 0.15) is 0 Å². The monoisotopic (exact) mass is 361 g/mol. The summed E-state index contributed by atoms with van der Waals surface area (Å²) in [5.74, 6) is 0.147. The largest absolute Gasteiger partial charge is 0.354 e. The molecule has 2 amide bonds. The molecule has 0 fully saturated rings. The summed E-state index contributed by atoms with van der Waals surface area (Å²) in [6.07, 6.45) is 3.42. The lowest BCUT2D eigenvalue weighted by atomic mass is 10.0. The van der Waals surface area contributed by atoms with E-state index >= 15 is 0 Å². The fourth-order valence-corrected chi connectivity index (χ4v) is 2.34. The Morgan fingerprint density at radius 3 is 2.44 bits per heavy atom. The summed E-state index contributed by atoms with van der Waals surface area (Å²) in [5.41, 5.74) is 0.825. The summed E-state index contributed by atoms with van der Waals surface area (Å²) in [6.45, 7) is 2.34. The number of anilines is 1. The van der Waals surface area contributed by atoms with E-state index in [0.717, 1.165) is 5.56 Å². The van der Waals surface area contributed by atoms with Crippen LogP contribution in [0.4, 0.5) is 5.95 Å². The van der Waals surface area contributed by atoms with Gasteiger partial charge < -0.3 is 16.0 Å². The third kappa shape index (κ3) is 6.76. The zero-order chi connectivity index (χ0) is 18.1. The summed E-state index contributed by atoms with van der Waals surface area (Å²) in [5, 5.41) is 9.19. The van der Waals surface area contributed by atoms with Crippen molar-refractivity contribution in [1.29, 1.82) is 0 Å². The maximum atomic E-state index is 12.1. The van der Waals surface area contributed by atoms with E-state index in [1.165, 1.54) is 6.92 Å². The minimum Gasteiger partial charge on any atom is -0.354 e. The van der Waals surface area contributed by atoms with E-state index < -0.39 is 6.04 Å². The minimum absolute atomic E-state index is 0.142. The Morgan fingerprint density at radius 2 is 1.80 bits per heavy atom. The average Bonchev–Trinajstić information content (AvgIpc) is 2.59. The number of nitrogens with one attached hydrogen (secondary N) is 3. The van der Waals surface area contributed by atoms with Gasteiger partial charge in [-0.25, -0.2) is 9.97 Å². The summed E-state index contributed by atoms with van der Waals surface area (Å²) < 4.78 is 0. The average molecular weight is 362 g/mol.